The molecule has 0 saturated heterocycles. The van der Waals surface area contributed by atoms with E-state index in [1.807, 2.05) is 0 Å². The van der Waals surface area contributed by atoms with Gasteiger partial charge in [-0.3, -0.25) is 9.59 Å². The number of rotatable bonds is 8. The molecule has 0 aliphatic heterocycles. The van der Waals surface area contributed by atoms with Crippen LogP contribution >= 0.6 is 0 Å². The predicted octanol–water partition coefficient (Wildman–Crippen LogP) is 0.0897. The maximum absolute atomic E-state index is 12.5. The number of hydrogen-bond donors (Lipinski definition) is 3. The third-order valence-corrected chi connectivity index (χ3v) is 3.71. The minimum Gasteiger partial charge on any atom is -0.391 e. The molecule has 0 aliphatic rings. The first kappa shape index (κ1) is 18.4. The van der Waals surface area contributed by atoms with Crippen LogP contribution in [-0.4, -0.2) is 43.8 Å². The first-order valence-electron chi connectivity index (χ1n) is 7.92. The number of nitrogens with one attached hydrogen (secondary N) is 1. The van der Waals surface area contributed by atoms with Gasteiger partial charge in [0.1, 0.15) is 6.04 Å². The Morgan fingerprint density at radius 2 is 2.24 bits per heavy atom. The van der Waals surface area contributed by atoms with Crippen LogP contribution in [0.4, 0.5) is 0 Å². The number of aliphatic hydroxyl groups is 1. The number of aryl methyl sites for hydroxylation is 1. The van der Waals surface area contributed by atoms with Gasteiger partial charge in [-0.1, -0.05) is 0 Å². The van der Waals surface area contributed by atoms with Crippen LogP contribution in [0.1, 0.15) is 36.7 Å². The Hall–Kier alpha value is -2.99. The number of fused-ring (bicyclic) bond motifs is 1. The van der Waals surface area contributed by atoms with Crippen molar-refractivity contribution in [2.24, 2.45) is 5.73 Å². The van der Waals surface area contributed by atoms with Gasteiger partial charge in [0, 0.05) is 19.2 Å². The van der Waals surface area contributed by atoms with Gasteiger partial charge in [-0.25, -0.2) is 9.67 Å². The third kappa shape index (κ3) is 4.30. The van der Waals surface area contributed by atoms with Gasteiger partial charge in [0.15, 0.2) is 11.3 Å². The molecule has 25 heavy (non-hydrogen) atoms. The Morgan fingerprint density at radius 3 is 2.88 bits per heavy atom. The molecule has 0 saturated carbocycles. The van der Waals surface area contributed by atoms with Crippen LogP contribution in [0, 0.1) is 11.3 Å². The van der Waals surface area contributed by atoms with Crippen LogP contribution in [0.15, 0.2) is 18.3 Å². The zero-order valence-electron chi connectivity index (χ0n) is 13.8. The lowest BCUT2D eigenvalue weighted by atomic mass is 10.1. The average Bonchev–Trinajstić information content (AvgIpc) is 2.95. The standard InChI is InChI=1S/C16H20N6O3/c1-10(23)12(14(18)24)20-16(25)13-11-6-5-8-19-15(11)22(21-13)9-4-2-3-7-17/h5-6,8,10,12,23H,2-4,9H2,1H3,(H2,18,24)(H,20,25). The Bertz CT molecular complexity index is 808. The molecule has 4 N–H and O–H groups in total. The Labute approximate surface area is 144 Å². The summed E-state index contributed by atoms with van der Waals surface area (Å²) in [7, 11) is 0. The van der Waals surface area contributed by atoms with E-state index in [2.05, 4.69) is 21.5 Å². The molecule has 0 aromatic carbocycles. The van der Waals surface area contributed by atoms with E-state index < -0.39 is 24.0 Å². The highest BCUT2D eigenvalue weighted by molar-refractivity contribution is 6.05. The molecule has 0 aliphatic carbocycles. The van der Waals surface area contributed by atoms with Crippen molar-refractivity contribution in [3.8, 4) is 6.07 Å². The molecule has 2 amide bonds. The maximum atomic E-state index is 12.5. The average molecular weight is 344 g/mol. The van der Waals surface area contributed by atoms with Crippen molar-refractivity contribution >= 4 is 22.8 Å². The van der Waals surface area contributed by atoms with Gasteiger partial charge in [0.25, 0.3) is 5.91 Å². The molecule has 2 unspecified atom stereocenters. The van der Waals surface area contributed by atoms with Gasteiger partial charge >= 0.3 is 0 Å². The first-order chi connectivity index (χ1) is 12.0. The van der Waals surface area contributed by atoms with Gasteiger partial charge in [0.2, 0.25) is 5.91 Å². The van der Waals surface area contributed by atoms with E-state index in [1.54, 1.807) is 23.0 Å². The fourth-order valence-electron chi connectivity index (χ4n) is 2.44. The quantitative estimate of drug-likeness (QED) is 0.578. The third-order valence-electron chi connectivity index (χ3n) is 3.71. The summed E-state index contributed by atoms with van der Waals surface area (Å²) >= 11 is 0. The number of pyridine rings is 1. The number of carbonyl (C=O) groups excluding carboxylic acids is 2. The van der Waals surface area contributed by atoms with Crippen molar-refractivity contribution in [3.05, 3.63) is 24.0 Å². The number of amides is 2. The van der Waals surface area contributed by atoms with Crippen molar-refractivity contribution in [1.29, 1.82) is 5.26 Å². The van der Waals surface area contributed by atoms with E-state index in [0.717, 1.165) is 12.8 Å². The van der Waals surface area contributed by atoms with Crippen LogP contribution in [0.2, 0.25) is 0 Å². The number of nitrogens with zero attached hydrogens (tertiary/aromatic N) is 4. The van der Waals surface area contributed by atoms with Gasteiger partial charge in [0.05, 0.1) is 17.6 Å². The van der Waals surface area contributed by atoms with Gasteiger partial charge < -0.3 is 16.2 Å². The smallest absolute Gasteiger partial charge is 0.273 e. The summed E-state index contributed by atoms with van der Waals surface area (Å²) in [6.45, 7) is 1.88. The fourth-order valence-corrected chi connectivity index (χ4v) is 2.44. The Balaban J connectivity index is 2.27. The van der Waals surface area contributed by atoms with Crippen LogP contribution in [0.3, 0.4) is 0 Å². The molecule has 2 heterocycles. The summed E-state index contributed by atoms with van der Waals surface area (Å²) in [6.07, 6.45) is 2.37. The van der Waals surface area contributed by atoms with E-state index >= 15 is 0 Å². The topological polar surface area (TPSA) is 147 Å². The summed E-state index contributed by atoms with van der Waals surface area (Å²) in [5.74, 6) is -1.44. The molecular formula is C16H20N6O3. The molecule has 0 radical (unpaired) electrons. The summed E-state index contributed by atoms with van der Waals surface area (Å²) in [6, 6.07) is 4.26. The number of aliphatic hydroxyl groups excluding tert-OH is 1. The first-order valence-corrected chi connectivity index (χ1v) is 7.92. The Morgan fingerprint density at radius 1 is 1.48 bits per heavy atom. The molecular weight excluding hydrogens is 324 g/mol. The monoisotopic (exact) mass is 344 g/mol. The van der Waals surface area contributed by atoms with E-state index in [1.165, 1.54) is 6.92 Å². The molecule has 0 fully saturated rings. The van der Waals surface area contributed by atoms with E-state index in [4.69, 9.17) is 11.0 Å². The number of aromatic nitrogens is 3. The van der Waals surface area contributed by atoms with E-state index in [0.29, 0.717) is 24.0 Å². The predicted molar refractivity (Wildman–Crippen MR) is 89.1 cm³/mol. The normalized spacial score (nSPS) is 13.2. The number of hydrogen-bond acceptors (Lipinski definition) is 6. The number of nitrogens with two attached hydrogens (primary N) is 1. The van der Waals surface area contributed by atoms with Crippen LogP contribution < -0.4 is 11.1 Å². The minimum absolute atomic E-state index is 0.107. The van der Waals surface area contributed by atoms with Gasteiger partial charge in [-0.2, -0.15) is 10.4 Å². The maximum Gasteiger partial charge on any atom is 0.273 e. The summed E-state index contributed by atoms with van der Waals surface area (Å²) in [4.78, 5) is 28.1. The molecule has 0 spiro atoms. The molecule has 0 bridgehead atoms. The molecule has 2 aromatic heterocycles. The zero-order chi connectivity index (χ0) is 18.4. The summed E-state index contributed by atoms with van der Waals surface area (Å²) in [5, 5.41) is 25.4. The van der Waals surface area contributed by atoms with Crippen molar-refractivity contribution in [2.45, 2.75) is 44.9 Å². The number of primary amides is 1. The van der Waals surface area contributed by atoms with Crippen molar-refractivity contribution in [1.82, 2.24) is 20.1 Å². The highest BCUT2D eigenvalue weighted by Crippen LogP contribution is 2.17. The lowest BCUT2D eigenvalue weighted by Crippen LogP contribution is -2.50. The second-order valence-electron chi connectivity index (χ2n) is 5.66. The van der Waals surface area contributed by atoms with Crippen molar-refractivity contribution in [2.75, 3.05) is 0 Å². The largest absolute Gasteiger partial charge is 0.391 e. The summed E-state index contributed by atoms with van der Waals surface area (Å²) < 4.78 is 1.60. The zero-order valence-corrected chi connectivity index (χ0v) is 13.8. The second-order valence-corrected chi connectivity index (χ2v) is 5.66. The van der Waals surface area contributed by atoms with Crippen LogP contribution in [-0.2, 0) is 11.3 Å². The van der Waals surface area contributed by atoms with E-state index in [9.17, 15) is 14.7 Å². The minimum atomic E-state index is -1.21. The molecule has 2 aromatic rings. The lowest BCUT2D eigenvalue weighted by Gasteiger charge is -2.17. The molecule has 9 heteroatoms. The molecule has 2 rings (SSSR count). The van der Waals surface area contributed by atoms with Gasteiger partial charge in [-0.05, 0) is 31.9 Å². The lowest BCUT2D eigenvalue weighted by molar-refractivity contribution is -0.122. The molecule has 9 nitrogen and oxygen atoms in total. The molecule has 2 atom stereocenters. The highest BCUT2D eigenvalue weighted by Gasteiger charge is 2.26. The van der Waals surface area contributed by atoms with Crippen molar-refractivity contribution < 1.29 is 14.7 Å². The fraction of sp³-hybridized carbons (Fsp3) is 0.438. The van der Waals surface area contributed by atoms with Gasteiger partial charge in [-0.15, -0.1) is 0 Å². The molecule has 132 valence electrons. The highest BCUT2D eigenvalue weighted by atomic mass is 16.3. The van der Waals surface area contributed by atoms with Crippen LogP contribution in [0.25, 0.3) is 11.0 Å². The van der Waals surface area contributed by atoms with E-state index in [-0.39, 0.29) is 5.69 Å². The number of nitriles is 1. The van der Waals surface area contributed by atoms with Crippen LogP contribution in [0.5, 0.6) is 0 Å². The number of unbranched alkanes of at least 4 members (excludes halogenated alkanes) is 2. The second kappa shape index (κ2) is 8.21. The number of carbonyl (C=O) groups is 2. The SMILES string of the molecule is CC(O)C(NC(=O)c1nn(CCCCC#N)c2ncccc12)C(N)=O. The Kier molecular flexibility index (Phi) is 6.03. The summed E-state index contributed by atoms with van der Waals surface area (Å²) in [5.41, 5.74) is 5.84. The van der Waals surface area contributed by atoms with Crippen molar-refractivity contribution in [3.63, 3.8) is 0 Å².